The third-order valence-corrected chi connectivity index (χ3v) is 6.16. The van der Waals surface area contributed by atoms with Gasteiger partial charge < -0.3 is 4.74 Å². The molecule has 2 rings (SSSR count). The largest absolute Gasteiger partial charge is 0.497 e. The summed E-state index contributed by atoms with van der Waals surface area (Å²) in [6, 6.07) is 13.4. The van der Waals surface area contributed by atoms with E-state index in [2.05, 4.69) is 31.3 Å². The lowest BCUT2D eigenvalue weighted by atomic mass is 9.86. The molecule has 2 aromatic carbocycles. The number of hydrazone groups is 1. The molecule has 1 atom stereocenters. The molecule has 0 heterocycles. The van der Waals surface area contributed by atoms with E-state index in [4.69, 9.17) is 4.74 Å². The minimum atomic E-state index is -3.71. The van der Waals surface area contributed by atoms with Gasteiger partial charge >= 0.3 is 0 Å². The number of ether oxygens (including phenoxy) is 1. The summed E-state index contributed by atoms with van der Waals surface area (Å²) in [4.78, 5) is 12.7. The zero-order valence-electron chi connectivity index (χ0n) is 19.1. The van der Waals surface area contributed by atoms with Crippen LogP contribution >= 0.6 is 0 Å². The molecule has 0 aromatic heterocycles. The number of carbonyl (C=O) groups is 1. The maximum absolute atomic E-state index is 12.7. The zero-order chi connectivity index (χ0) is 23.4. The minimum absolute atomic E-state index is 0.0454. The first-order chi connectivity index (χ1) is 14.3. The van der Waals surface area contributed by atoms with Crippen LogP contribution in [-0.2, 0) is 20.2 Å². The number of nitrogens with one attached hydrogen (secondary N) is 1. The van der Waals surface area contributed by atoms with Gasteiger partial charge in [0.25, 0.3) is 5.91 Å². The van der Waals surface area contributed by atoms with Crippen molar-refractivity contribution in [3.05, 3.63) is 59.7 Å². The number of benzene rings is 2. The van der Waals surface area contributed by atoms with Crippen LogP contribution in [0.1, 0.15) is 45.7 Å². The third-order valence-electron chi connectivity index (χ3n) is 4.92. The van der Waals surface area contributed by atoms with Crippen molar-refractivity contribution >= 4 is 27.3 Å². The number of sulfonamides is 1. The Bertz CT molecular complexity index is 1040. The van der Waals surface area contributed by atoms with Crippen molar-refractivity contribution in [2.24, 2.45) is 5.10 Å². The first-order valence-electron chi connectivity index (χ1n) is 9.93. The second kappa shape index (κ2) is 9.51. The Morgan fingerprint density at radius 3 is 2.06 bits per heavy atom. The number of amides is 1. The fraction of sp³-hybridized carbons (Fsp3) is 0.391. The van der Waals surface area contributed by atoms with E-state index in [9.17, 15) is 13.2 Å². The summed E-state index contributed by atoms with van der Waals surface area (Å²) in [6.45, 7) is 9.72. The van der Waals surface area contributed by atoms with Crippen LogP contribution in [0.5, 0.6) is 5.75 Å². The molecule has 1 amide bonds. The zero-order valence-corrected chi connectivity index (χ0v) is 19.9. The lowest BCUT2D eigenvalue weighted by Crippen LogP contribution is -2.46. The number of rotatable bonds is 7. The first-order valence-corrected chi connectivity index (χ1v) is 11.8. The molecule has 0 aliphatic heterocycles. The topological polar surface area (TPSA) is 88.1 Å². The molecule has 0 saturated heterocycles. The number of hydrogen-bond acceptors (Lipinski definition) is 5. The highest BCUT2D eigenvalue weighted by atomic mass is 32.2. The first kappa shape index (κ1) is 24.4. The van der Waals surface area contributed by atoms with Gasteiger partial charge in [-0.3, -0.25) is 9.10 Å². The highest BCUT2D eigenvalue weighted by Crippen LogP contribution is 2.24. The van der Waals surface area contributed by atoms with Crippen LogP contribution in [0.3, 0.4) is 0 Å². The van der Waals surface area contributed by atoms with Crippen molar-refractivity contribution in [1.29, 1.82) is 0 Å². The molecule has 0 unspecified atom stereocenters. The smallest absolute Gasteiger partial charge is 0.263 e. The Kier molecular flexibility index (Phi) is 7.49. The van der Waals surface area contributed by atoms with E-state index in [1.54, 1.807) is 31.2 Å². The number of methoxy groups -OCH3 is 1. The molecule has 31 heavy (non-hydrogen) atoms. The normalized spacial score (nSPS) is 13.5. The summed E-state index contributed by atoms with van der Waals surface area (Å²) in [7, 11) is -2.18. The maximum atomic E-state index is 12.7. The highest BCUT2D eigenvalue weighted by molar-refractivity contribution is 7.92. The van der Waals surface area contributed by atoms with Crippen molar-refractivity contribution < 1.29 is 17.9 Å². The number of carbonyl (C=O) groups excluding carboxylic acids is 1. The maximum Gasteiger partial charge on any atom is 0.263 e. The van der Waals surface area contributed by atoms with Crippen molar-refractivity contribution in [1.82, 2.24) is 5.43 Å². The van der Waals surface area contributed by atoms with Crippen LogP contribution in [0.25, 0.3) is 0 Å². The van der Waals surface area contributed by atoms with Crippen LogP contribution in [0, 0.1) is 0 Å². The van der Waals surface area contributed by atoms with Crippen LogP contribution in [0.4, 0.5) is 5.69 Å². The van der Waals surface area contributed by atoms with E-state index in [-0.39, 0.29) is 5.41 Å². The molecule has 8 heteroatoms. The molecule has 1 N–H and O–H groups in total. The fourth-order valence-corrected chi connectivity index (χ4v) is 4.22. The Labute approximate surface area is 185 Å². The Morgan fingerprint density at radius 1 is 1.06 bits per heavy atom. The molecular weight excluding hydrogens is 414 g/mol. The minimum Gasteiger partial charge on any atom is -0.497 e. The fourth-order valence-electron chi connectivity index (χ4n) is 3.05. The Morgan fingerprint density at radius 2 is 1.61 bits per heavy atom. The number of anilines is 1. The molecule has 0 spiro atoms. The van der Waals surface area contributed by atoms with Gasteiger partial charge in [0.2, 0.25) is 10.0 Å². The van der Waals surface area contributed by atoms with Crippen LogP contribution in [0.2, 0.25) is 0 Å². The van der Waals surface area contributed by atoms with Crippen LogP contribution in [-0.4, -0.2) is 39.4 Å². The van der Waals surface area contributed by atoms with E-state index in [1.165, 1.54) is 19.6 Å². The van der Waals surface area contributed by atoms with Gasteiger partial charge in [-0.1, -0.05) is 45.0 Å². The average Bonchev–Trinajstić information content (AvgIpc) is 2.70. The van der Waals surface area contributed by atoms with E-state index in [0.29, 0.717) is 17.1 Å². The molecule has 2 aromatic rings. The van der Waals surface area contributed by atoms with Crippen molar-refractivity contribution in [2.75, 3.05) is 17.7 Å². The van der Waals surface area contributed by atoms with Crippen LogP contribution < -0.4 is 14.5 Å². The predicted molar refractivity (Wildman–Crippen MR) is 125 cm³/mol. The van der Waals surface area contributed by atoms with Gasteiger partial charge in [-0.15, -0.1) is 0 Å². The van der Waals surface area contributed by atoms with Crippen molar-refractivity contribution in [3.8, 4) is 5.75 Å². The lowest BCUT2D eigenvalue weighted by molar-refractivity contribution is -0.121. The number of nitrogens with zero attached hydrogens (tertiary/aromatic N) is 2. The van der Waals surface area contributed by atoms with E-state index in [1.807, 2.05) is 24.3 Å². The summed E-state index contributed by atoms with van der Waals surface area (Å²) in [6.07, 6.45) is 1.06. The molecule has 0 radical (unpaired) electrons. The van der Waals surface area contributed by atoms with Gasteiger partial charge in [-0.25, -0.2) is 13.8 Å². The van der Waals surface area contributed by atoms with Gasteiger partial charge in [0, 0.05) is 0 Å². The van der Waals surface area contributed by atoms with E-state index < -0.39 is 22.0 Å². The molecular formula is C23H31N3O4S. The van der Waals surface area contributed by atoms with E-state index in [0.717, 1.165) is 16.1 Å². The van der Waals surface area contributed by atoms with Gasteiger partial charge in [0.1, 0.15) is 11.8 Å². The summed E-state index contributed by atoms with van der Waals surface area (Å²) < 4.78 is 30.9. The number of hydrogen-bond donors (Lipinski definition) is 1. The van der Waals surface area contributed by atoms with Crippen molar-refractivity contribution in [2.45, 2.75) is 46.1 Å². The molecule has 0 fully saturated rings. The Balaban J connectivity index is 2.19. The molecule has 7 nitrogen and oxygen atoms in total. The van der Waals surface area contributed by atoms with Gasteiger partial charge in [0.05, 0.1) is 24.8 Å². The Hall–Kier alpha value is -2.87. The molecule has 168 valence electrons. The van der Waals surface area contributed by atoms with Gasteiger partial charge in [-0.05, 0) is 54.7 Å². The lowest BCUT2D eigenvalue weighted by Gasteiger charge is -2.27. The van der Waals surface area contributed by atoms with Gasteiger partial charge in [-0.2, -0.15) is 5.10 Å². The quantitative estimate of drug-likeness (QED) is 0.520. The molecule has 0 aliphatic carbocycles. The highest BCUT2D eigenvalue weighted by Gasteiger charge is 2.29. The standard InChI is InChI=1S/C23H31N3O4S/c1-16(18-8-10-19(11-9-18)23(3,4)5)24-25-22(27)17(2)26(31(7,28)29)20-12-14-21(30-6)15-13-20/h8-15,17H,1-7H3,(H,25,27)/b24-16-/t17-/m0/s1. The summed E-state index contributed by atoms with van der Waals surface area (Å²) in [5.41, 5.74) is 5.59. The van der Waals surface area contributed by atoms with E-state index >= 15 is 0 Å². The molecule has 0 aliphatic rings. The average molecular weight is 446 g/mol. The van der Waals surface area contributed by atoms with Crippen molar-refractivity contribution in [3.63, 3.8) is 0 Å². The SMILES string of the molecule is COc1ccc(N([C@@H](C)C(=O)N/N=C(/C)c2ccc(C(C)(C)C)cc2)S(C)(=O)=O)cc1. The predicted octanol–water partition coefficient (Wildman–Crippen LogP) is 3.69. The second-order valence-corrected chi connectivity index (χ2v) is 10.3. The summed E-state index contributed by atoms with van der Waals surface area (Å²) in [5, 5.41) is 4.17. The van der Waals surface area contributed by atoms with Crippen LogP contribution in [0.15, 0.2) is 53.6 Å². The monoisotopic (exact) mass is 445 g/mol. The third kappa shape index (κ3) is 6.30. The summed E-state index contributed by atoms with van der Waals surface area (Å²) in [5.74, 6) is 0.0546. The van der Waals surface area contributed by atoms with Gasteiger partial charge in [0.15, 0.2) is 0 Å². The summed E-state index contributed by atoms with van der Waals surface area (Å²) >= 11 is 0. The molecule has 0 saturated carbocycles. The second-order valence-electron chi connectivity index (χ2n) is 8.43. The molecule has 0 bridgehead atoms.